The average molecular weight is 732 g/mol. The number of rotatable bonds is 7. The van der Waals surface area contributed by atoms with Crippen LogP contribution >= 0.6 is 0 Å². The van der Waals surface area contributed by atoms with Gasteiger partial charge in [0.2, 0.25) is 5.91 Å². The highest BCUT2D eigenvalue weighted by Gasteiger charge is 2.51. The van der Waals surface area contributed by atoms with E-state index < -0.39 is 25.9 Å². The Bertz CT molecular complexity index is 2350. The largest absolute Gasteiger partial charge is 0.458 e. The van der Waals surface area contributed by atoms with Gasteiger partial charge in [-0.1, -0.05) is 88.4 Å². The average Bonchev–Trinajstić information content (AvgIpc) is 3.52. The van der Waals surface area contributed by atoms with Gasteiger partial charge in [-0.15, -0.1) is 0 Å². The minimum atomic E-state index is -3.00. The van der Waals surface area contributed by atoms with Gasteiger partial charge < -0.3 is 24.2 Å². The zero-order valence-corrected chi connectivity index (χ0v) is 31.5. The Balaban J connectivity index is 1.21. The Hall–Kier alpha value is -4.97. The molecule has 0 bridgehead atoms. The number of aromatic nitrogens is 2. The van der Waals surface area contributed by atoms with Gasteiger partial charge in [0, 0.05) is 22.6 Å². The van der Waals surface area contributed by atoms with Crippen molar-refractivity contribution < 1.29 is 28.2 Å². The van der Waals surface area contributed by atoms with Gasteiger partial charge in [0.05, 0.1) is 35.1 Å². The highest BCUT2D eigenvalue weighted by molar-refractivity contribution is 6.99. The van der Waals surface area contributed by atoms with Crippen molar-refractivity contribution in [2.75, 3.05) is 6.61 Å². The van der Waals surface area contributed by atoms with Crippen LogP contribution in [0.5, 0.6) is 0 Å². The molecule has 53 heavy (non-hydrogen) atoms. The summed E-state index contributed by atoms with van der Waals surface area (Å²) in [5.74, 6) is -1.46. The summed E-state index contributed by atoms with van der Waals surface area (Å²) in [6.07, 6.45) is 1.05. The lowest BCUT2D eigenvalue weighted by atomic mass is 9.81. The summed E-state index contributed by atoms with van der Waals surface area (Å²) >= 11 is 0. The molecule has 3 aromatic carbocycles. The molecule has 0 spiro atoms. The number of cyclic esters (lactones) is 1. The summed E-state index contributed by atoms with van der Waals surface area (Å²) in [6, 6.07) is 22.9. The fraction of sp³-hybridized carbons (Fsp3) is 0.333. The van der Waals surface area contributed by atoms with Gasteiger partial charge in [-0.25, -0.2) is 14.2 Å². The zero-order valence-electron chi connectivity index (χ0n) is 30.5. The van der Waals surface area contributed by atoms with Crippen molar-refractivity contribution in [2.24, 2.45) is 0 Å². The predicted octanol–water partition coefficient (Wildman–Crippen LogP) is 5.21. The van der Waals surface area contributed by atoms with Crippen LogP contribution in [0, 0.1) is 12.7 Å². The van der Waals surface area contributed by atoms with Crippen molar-refractivity contribution in [2.45, 2.75) is 83.7 Å². The maximum absolute atomic E-state index is 15.4. The van der Waals surface area contributed by atoms with Gasteiger partial charge in [0.15, 0.2) is 5.60 Å². The Morgan fingerprint density at radius 1 is 1.06 bits per heavy atom. The summed E-state index contributed by atoms with van der Waals surface area (Å²) in [4.78, 5) is 45.9. The number of hydrogen-bond acceptors (Lipinski definition) is 7. The normalized spacial score (nSPS) is 19.0. The zero-order chi connectivity index (χ0) is 37.4. The molecule has 4 heterocycles. The summed E-state index contributed by atoms with van der Waals surface area (Å²) < 4.78 is 29.2. The molecular weight excluding hydrogens is 690 g/mol. The van der Waals surface area contributed by atoms with Crippen LogP contribution in [0.3, 0.4) is 0 Å². The van der Waals surface area contributed by atoms with Gasteiger partial charge in [-0.3, -0.25) is 9.59 Å². The number of nitrogens with zero attached hydrogens (tertiary/aromatic N) is 2. The molecule has 0 fully saturated rings. The molecule has 0 saturated carbocycles. The maximum atomic E-state index is 15.4. The fourth-order valence-corrected chi connectivity index (χ4v) is 13.4. The molecule has 5 aromatic rings. The number of esters is 1. The Kier molecular flexibility index (Phi) is 8.32. The molecule has 11 heteroatoms. The van der Waals surface area contributed by atoms with Crippen LogP contribution in [-0.2, 0) is 43.9 Å². The van der Waals surface area contributed by atoms with E-state index in [1.54, 1.807) is 24.5 Å². The van der Waals surface area contributed by atoms with Crippen LogP contribution < -0.4 is 21.2 Å². The van der Waals surface area contributed by atoms with Gasteiger partial charge in [0.25, 0.3) is 13.9 Å². The highest BCUT2D eigenvalue weighted by Crippen LogP contribution is 2.46. The summed E-state index contributed by atoms with van der Waals surface area (Å²) in [5, 5.41) is 17.3. The molecule has 2 aliphatic heterocycles. The molecule has 3 aliphatic rings. The predicted molar refractivity (Wildman–Crippen MR) is 202 cm³/mol. The lowest BCUT2D eigenvalue weighted by Gasteiger charge is -2.43. The Morgan fingerprint density at radius 2 is 1.72 bits per heavy atom. The number of carbonyl (C=O) groups excluding carboxylic acids is 2. The van der Waals surface area contributed by atoms with Gasteiger partial charge in [0.1, 0.15) is 19.0 Å². The van der Waals surface area contributed by atoms with Crippen LogP contribution in [0.15, 0.2) is 77.6 Å². The van der Waals surface area contributed by atoms with E-state index >= 15 is 4.39 Å². The van der Waals surface area contributed by atoms with Crippen molar-refractivity contribution >= 4 is 41.5 Å². The molecule has 272 valence electrons. The second kappa shape index (κ2) is 12.6. The number of fused-ring (bicyclic) bond motifs is 5. The quantitative estimate of drug-likeness (QED) is 0.171. The first-order valence-electron chi connectivity index (χ1n) is 18.2. The number of aliphatic hydroxyl groups is 1. The molecule has 2 N–H and O–H groups in total. The third kappa shape index (κ3) is 5.23. The molecule has 1 amide bonds. The molecule has 9 nitrogen and oxygen atoms in total. The van der Waals surface area contributed by atoms with E-state index in [1.165, 1.54) is 6.07 Å². The Labute approximate surface area is 307 Å². The lowest BCUT2D eigenvalue weighted by molar-refractivity contribution is -0.172. The van der Waals surface area contributed by atoms with Gasteiger partial charge in [-0.2, -0.15) is 0 Å². The molecular formula is C42H42FN3O6Si. The second-order valence-corrected chi connectivity index (χ2v) is 19.7. The summed E-state index contributed by atoms with van der Waals surface area (Å²) in [6.45, 7) is 9.64. The fourth-order valence-electron chi connectivity index (χ4n) is 8.87. The molecule has 0 saturated heterocycles. The van der Waals surface area contributed by atoms with Gasteiger partial charge >= 0.3 is 5.97 Å². The Morgan fingerprint density at radius 3 is 2.34 bits per heavy atom. The van der Waals surface area contributed by atoms with E-state index in [1.807, 2.05) is 36.4 Å². The SMILES string of the molecule is CC[C@@]1(O)C(=O)OCc2c1cc1n(c2=O)Cc2c-1nc1cc(F)c(C)c3c1c2[C@@H](NC(=O)CO[Si](c1ccccc1)(c1ccccc1)C(C)(C)C)CC3. The molecule has 2 aromatic heterocycles. The van der Waals surface area contributed by atoms with Crippen molar-refractivity contribution in [3.63, 3.8) is 0 Å². The van der Waals surface area contributed by atoms with Crippen molar-refractivity contribution in [1.82, 2.24) is 14.9 Å². The smallest absolute Gasteiger partial charge is 0.343 e. The van der Waals surface area contributed by atoms with E-state index in [4.69, 9.17) is 14.1 Å². The van der Waals surface area contributed by atoms with Crippen molar-refractivity contribution in [3.8, 4) is 11.4 Å². The number of hydrogen-bond donors (Lipinski definition) is 2. The standard InChI is InChI=1S/C42H42FN3O6Si/c1-6-42(50)30-19-34-38-28(21-46(34)39(48)29(30)22-51-40(42)49)37-32(18-17-27-24(2)31(43)20-33(45-38)36(27)37)44-35(47)23-52-53(41(3,4)5,25-13-9-7-10-14-25)26-15-11-8-12-16-26/h7-16,19-20,32,50H,6,17-18,21-23H2,1-5H3,(H,44,47)/t32-,42-/m0/s1. The van der Waals surface area contributed by atoms with Gasteiger partial charge in [-0.05, 0) is 64.4 Å². The number of benzene rings is 3. The number of halogens is 1. The third-order valence-electron chi connectivity index (χ3n) is 11.5. The monoisotopic (exact) mass is 731 g/mol. The highest BCUT2D eigenvalue weighted by atomic mass is 28.4. The number of pyridine rings is 2. The third-order valence-corrected chi connectivity index (χ3v) is 16.5. The first-order valence-corrected chi connectivity index (χ1v) is 20.1. The number of carbonyl (C=O) groups is 2. The summed E-state index contributed by atoms with van der Waals surface area (Å²) in [5.41, 5.74) is 2.28. The number of aryl methyl sites for hydroxylation is 1. The minimum Gasteiger partial charge on any atom is -0.458 e. The maximum Gasteiger partial charge on any atom is 0.343 e. The van der Waals surface area contributed by atoms with E-state index in [-0.39, 0.29) is 59.6 Å². The first kappa shape index (κ1) is 35.1. The van der Waals surface area contributed by atoms with E-state index in [0.717, 1.165) is 32.5 Å². The molecule has 1 aliphatic carbocycles. The number of nitrogens with one attached hydrogen (secondary N) is 1. The van der Waals surface area contributed by atoms with Crippen molar-refractivity contribution in [1.29, 1.82) is 0 Å². The van der Waals surface area contributed by atoms with E-state index in [2.05, 4.69) is 50.4 Å². The van der Waals surface area contributed by atoms with Crippen LogP contribution in [-0.4, -0.2) is 41.5 Å². The minimum absolute atomic E-state index is 0.0168. The van der Waals surface area contributed by atoms with Crippen LogP contribution in [0.25, 0.3) is 22.3 Å². The molecule has 2 atom stereocenters. The molecule has 8 rings (SSSR count). The molecule has 0 unspecified atom stereocenters. The van der Waals surface area contributed by atoms with Crippen LogP contribution in [0.2, 0.25) is 5.04 Å². The number of ether oxygens (including phenoxy) is 1. The number of amides is 1. The van der Waals surface area contributed by atoms with E-state index in [9.17, 15) is 19.5 Å². The van der Waals surface area contributed by atoms with E-state index in [0.29, 0.717) is 35.3 Å². The topological polar surface area (TPSA) is 120 Å². The first-order chi connectivity index (χ1) is 25.3. The second-order valence-electron chi connectivity index (χ2n) is 15.4. The lowest BCUT2D eigenvalue weighted by Crippen LogP contribution is -2.67. The molecule has 0 radical (unpaired) electrons. The van der Waals surface area contributed by atoms with Crippen LogP contribution in [0.1, 0.15) is 80.0 Å². The summed E-state index contributed by atoms with van der Waals surface area (Å²) in [7, 11) is -3.00. The van der Waals surface area contributed by atoms with Crippen LogP contribution in [0.4, 0.5) is 4.39 Å². The van der Waals surface area contributed by atoms with Crippen molar-refractivity contribution in [3.05, 3.63) is 122 Å².